The number of aromatic carboxylic acids is 1. The SMILES string of the molecule is Cc1ccc(Nc2ccccc2S(C)(=O)=O)cc1C(=O)O. The quantitative estimate of drug-likeness (QED) is 0.907. The molecule has 0 atom stereocenters. The Morgan fingerprint density at radius 1 is 1.14 bits per heavy atom. The maximum atomic E-state index is 11.7. The second-order valence-electron chi connectivity index (χ2n) is 4.73. The molecule has 110 valence electrons. The minimum atomic E-state index is -3.37. The number of anilines is 2. The van der Waals surface area contributed by atoms with E-state index in [-0.39, 0.29) is 10.5 Å². The lowest BCUT2D eigenvalue weighted by atomic mass is 10.1. The van der Waals surface area contributed by atoms with E-state index in [0.717, 1.165) is 6.26 Å². The second kappa shape index (κ2) is 5.57. The van der Waals surface area contributed by atoms with Gasteiger partial charge in [-0.25, -0.2) is 13.2 Å². The van der Waals surface area contributed by atoms with Crippen LogP contribution in [0.25, 0.3) is 0 Å². The maximum absolute atomic E-state index is 11.7. The molecule has 2 aromatic carbocycles. The van der Waals surface area contributed by atoms with Gasteiger partial charge in [0.15, 0.2) is 9.84 Å². The summed E-state index contributed by atoms with van der Waals surface area (Å²) in [5.41, 5.74) is 1.76. The number of hydrogen-bond donors (Lipinski definition) is 2. The Morgan fingerprint density at radius 2 is 1.81 bits per heavy atom. The zero-order chi connectivity index (χ0) is 15.6. The fraction of sp³-hybridized carbons (Fsp3) is 0.133. The maximum Gasteiger partial charge on any atom is 0.336 e. The summed E-state index contributed by atoms with van der Waals surface area (Å²) >= 11 is 0. The van der Waals surface area contributed by atoms with Gasteiger partial charge >= 0.3 is 5.97 Å². The van der Waals surface area contributed by atoms with E-state index in [9.17, 15) is 13.2 Å². The molecule has 2 aromatic rings. The first-order valence-electron chi connectivity index (χ1n) is 6.19. The molecule has 0 fully saturated rings. The van der Waals surface area contributed by atoms with Crippen LogP contribution in [-0.4, -0.2) is 25.7 Å². The van der Waals surface area contributed by atoms with Gasteiger partial charge in [-0.05, 0) is 36.8 Å². The first-order valence-corrected chi connectivity index (χ1v) is 8.08. The van der Waals surface area contributed by atoms with Crippen LogP contribution < -0.4 is 5.32 Å². The number of benzene rings is 2. The molecule has 0 bridgehead atoms. The number of carboxylic acid groups (broad SMARTS) is 1. The topological polar surface area (TPSA) is 83.5 Å². The molecule has 0 amide bonds. The third kappa shape index (κ3) is 3.41. The largest absolute Gasteiger partial charge is 0.478 e. The number of hydrogen-bond acceptors (Lipinski definition) is 4. The molecule has 0 unspecified atom stereocenters. The molecule has 0 aliphatic carbocycles. The molecule has 0 radical (unpaired) electrons. The Hall–Kier alpha value is -2.34. The summed E-state index contributed by atoms with van der Waals surface area (Å²) in [7, 11) is -3.37. The minimum Gasteiger partial charge on any atom is -0.478 e. The van der Waals surface area contributed by atoms with E-state index >= 15 is 0 Å². The lowest BCUT2D eigenvalue weighted by Crippen LogP contribution is -2.04. The van der Waals surface area contributed by atoms with Crippen LogP contribution in [0.4, 0.5) is 11.4 Å². The lowest BCUT2D eigenvalue weighted by Gasteiger charge is -2.12. The van der Waals surface area contributed by atoms with Crippen LogP contribution in [0, 0.1) is 6.92 Å². The van der Waals surface area contributed by atoms with E-state index in [1.807, 2.05) is 0 Å². The summed E-state index contributed by atoms with van der Waals surface area (Å²) in [6.07, 6.45) is 1.13. The molecule has 21 heavy (non-hydrogen) atoms. The van der Waals surface area contributed by atoms with E-state index in [0.29, 0.717) is 16.9 Å². The van der Waals surface area contributed by atoms with Crippen molar-refractivity contribution in [2.24, 2.45) is 0 Å². The van der Waals surface area contributed by atoms with E-state index in [4.69, 9.17) is 5.11 Å². The van der Waals surface area contributed by atoms with Gasteiger partial charge in [0.2, 0.25) is 0 Å². The van der Waals surface area contributed by atoms with Crippen molar-refractivity contribution in [3.8, 4) is 0 Å². The molecule has 0 aliphatic rings. The highest BCUT2D eigenvalue weighted by Gasteiger charge is 2.13. The molecule has 0 heterocycles. The summed E-state index contributed by atoms with van der Waals surface area (Å²) in [5.74, 6) is -1.02. The minimum absolute atomic E-state index is 0.169. The van der Waals surface area contributed by atoms with Crippen LogP contribution in [0.1, 0.15) is 15.9 Å². The van der Waals surface area contributed by atoms with Crippen molar-refractivity contribution in [1.29, 1.82) is 0 Å². The molecular formula is C15H15NO4S. The first kappa shape index (κ1) is 15.1. The van der Waals surface area contributed by atoms with E-state index in [1.165, 1.54) is 12.1 Å². The highest BCUT2D eigenvalue weighted by molar-refractivity contribution is 7.90. The van der Waals surface area contributed by atoms with E-state index in [2.05, 4.69) is 5.32 Å². The van der Waals surface area contributed by atoms with Gasteiger partial charge in [-0.15, -0.1) is 0 Å². The van der Waals surface area contributed by atoms with Crippen LogP contribution in [-0.2, 0) is 9.84 Å². The normalized spacial score (nSPS) is 11.1. The van der Waals surface area contributed by atoms with Gasteiger partial charge in [0, 0.05) is 11.9 Å². The Bertz CT molecular complexity index is 797. The second-order valence-corrected chi connectivity index (χ2v) is 6.71. The predicted molar refractivity (Wildman–Crippen MR) is 81.0 cm³/mol. The highest BCUT2D eigenvalue weighted by Crippen LogP contribution is 2.26. The van der Waals surface area contributed by atoms with E-state index < -0.39 is 15.8 Å². The Labute approximate surface area is 123 Å². The Morgan fingerprint density at radius 3 is 2.43 bits per heavy atom. The Balaban J connectivity index is 2.45. The summed E-state index contributed by atoms with van der Waals surface area (Å²) in [4.78, 5) is 11.3. The van der Waals surface area contributed by atoms with Crippen LogP contribution in [0.15, 0.2) is 47.4 Å². The smallest absolute Gasteiger partial charge is 0.336 e. The van der Waals surface area contributed by atoms with Gasteiger partial charge < -0.3 is 10.4 Å². The number of aryl methyl sites for hydroxylation is 1. The van der Waals surface area contributed by atoms with Crippen LogP contribution >= 0.6 is 0 Å². The van der Waals surface area contributed by atoms with Crippen molar-refractivity contribution in [2.75, 3.05) is 11.6 Å². The fourth-order valence-corrected chi connectivity index (χ4v) is 2.82. The number of rotatable bonds is 4. The molecule has 2 N–H and O–H groups in total. The van der Waals surface area contributed by atoms with Crippen LogP contribution in [0.2, 0.25) is 0 Å². The average Bonchev–Trinajstić information content (AvgIpc) is 2.40. The molecule has 5 nitrogen and oxygen atoms in total. The van der Waals surface area contributed by atoms with Crippen molar-refractivity contribution >= 4 is 27.2 Å². The first-order chi connectivity index (χ1) is 9.79. The standard InChI is InChI=1S/C15H15NO4S/c1-10-7-8-11(9-12(10)15(17)18)16-13-5-3-4-6-14(13)21(2,19)20/h3-9,16H,1-2H3,(H,17,18). The summed E-state index contributed by atoms with van der Waals surface area (Å²) in [5, 5.41) is 12.1. The molecule has 6 heteroatoms. The monoisotopic (exact) mass is 305 g/mol. The zero-order valence-electron chi connectivity index (χ0n) is 11.6. The molecule has 0 aromatic heterocycles. The zero-order valence-corrected chi connectivity index (χ0v) is 12.4. The van der Waals surface area contributed by atoms with Crippen LogP contribution in [0.5, 0.6) is 0 Å². The average molecular weight is 305 g/mol. The molecular weight excluding hydrogens is 290 g/mol. The van der Waals surface area contributed by atoms with Gasteiger partial charge in [0.05, 0.1) is 16.1 Å². The summed E-state index contributed by atoms with van der Waals surface area (Å²) in [6.45, 7) is 1.71. The molecule has 2 rings (SSSR count). The van der Waals surface area contributed by atoms with Gasteiger partial charge in [0.1, 0.15) is 0 Å². The number of carboxylic acids is 1. The summed E-state index contributed by atoms with van der Waals surface area (Å²) < 4.78 is 23.5. The number of nitrogens with one attached hydrogen (secondary N) is 1. The summed E-state index contributed by atoms with van der Waals surface area (Å²) in [6, 6.07) is 11.4. The number of sulfone groups is 1. The van der Waals surface area contributed by atoms with Gasteiger partial charge in [0.25, 0.3) is 0 Å². The fourth-order valence-electron chi connectivity index (χ4n) is 1.98. The molecule has 0 aliphatic heterocycles. The van der Waals surface area contributed by atoms with Crippen LogP contribution in [0.3, 0.4) is 0 Å². The van der Waals surface area contributed by atoms with Gasteiger partial charge in [-0.3, -0.25) is 0 Å². The molecule has 0 spiro atoms. The third-order valence-electron chi connectivity index (χ3n) is 3.03. The number of para-hydroxylation sites is 1. The van der Waals surface area contributed by atoms with Crippen molar-refractivity contribution in [1.82, 2.24) is 0 Å². The van der Waals surface area contributed by atoms with Crippen molar-refractivity contribution < 1.29 is 18.3 Å². The Kier molecular flexibility index (Phi) is 3.99. The third-order valence-corrected chi connectivity index (χ3v) is 4.19. The van der Waals surface area contributed by atoms with Crippen molar-refractivity contribution in [3.63, 3.8) is 0 Å². The van der Waals surface area contributed by atoms with Crippen molar-refractivity contribution in [2.45, 2.75) is 11.8 Å². The van der Waals surface area contributed by atoms with Gasteiger partial charge in [-0.1, -0.05) is 18.2 Å². The number of carbonyl (C=O) groups is 1. The molecule has 0 saturated carbocycles. The highest BCUT2D eigenvalue weighted by atomic mass is 32.2. The van der Waals surface area contributed by atoms with E-state index in [1.54, 1.807) is 37.3 Å². The lowest BCUT2D eigenvalue weighted by molar-refractivity contribution is 0.0696. The van der Waals surface area contributed by atoms with Gasteiger partial charge in [-0.2, -0.15) is 0 Å². The van der Waals surface area contributed by atoms with Crippen molar-refractivity contribution in [3.05, 3.63) is 53.6 Å². The molecule has 0 saturated heterocycles. The predicted octanol–water partition coefficient (Wildman–Crippen LogP) is 2.84.